The lowest BCUT2D eigenvalue weighted by Crippen LogP contribution is -2.61. The molecule has 1 aromatic carbocycles. The molecule has 146 valence electrons. The summed E-state index contributed by atoms with van der Waals surface area (Å²) in [4.78, 5) is 30.7. The highest BCUT2D eigenvalue weighted by Crippen LogP contribution is 2.26. The third-order valence-corrected chi connectivity index (χ3v) is 5.67. The van der Waals surface area contributed by atoms with Gasteiger partial charge >= 0.3 is 0 Å². The lowest BCUT2D eigenvalue weighted by molar-refractivity contribution is -0.153. The second-order valence-corrected chi connectivity index (χ2v) is 7.55. The smallest absolute Gasteiger partial charge is 0.260 e. The summed E-state index contributed by atoms with van der Waals surface area (Å²) in [6.07, 6.45) is 2.56. The Morgan fingerprint density at radius 2 is 2.19 bits per heavy atom. The van der Waals surface area contributed by atoms with E-state index in [1.807, 2.05) is 29.2 Å². The number of likely N-dealkylation sites (tertiary alicyclic amines) is 1. The summed E-state index contributed by atoms with van der Waals surface area (Å²) in [5.41, 5.74) is 0.836. The molecule has 0 bridgehead atoms. The van der Waals surface area contributed by atoms with Crippen LogP contribution < -0.4 is 9.64 Å². The minimum absolute atomic E-state index is 0.00430. The van der Waals surface area contributed by atoms with Crippen LogP contribution in [0.5, 0.6) is 5.75 Å². The lowest BCUT2D eigenvalue weighted by Gasteiger charge is -2.46. The number of fused-ring (bicyclic) bond motifs is 1. The molecule has 7 heteroatoms. The van der Waals surface area contributed by atoms with Crippen LogP contribution in [0.3, 0.4) is 0 Å². The molecule has 4 rings (SSSR count). The zero-order valence-corrected chi connectivity index (χ0v) is 15.8. The van der Waals surface area contributed by atoms with E-state index in [4.69, 9.17) is 9.47 Å². The number of amides is 2. The van der Waals surface area contributed by atoms with Crippen molar-refractivity contribution >= 4 is 17.5 Å². The Bertz CT molecular complexity index is 710. The predicted octanol–water partition coefficient (Wildman–Crippen LogP) is 1.12. The number of hydrogen-bond donors (Lipinski definition) is 0. The fourth-order valence-corrected chi connectivity index (χ4v) is 4.23. The third-order valence-electron chi connectivity index (χ3n) is 5.67. The van der Waals surface area contributed by atoms with Crippen LogP contribution >= 0.6 is 0 Å². The minimum Gasteiger partial charge on any atom is -0.484 e. The van der Waals surface area contributed by atoms with Gasteiger partial charge in [-0.15, -0.1) is 0 Å². The van der Waals surface area contributed by atoms with E-state index in [0.29, 0.717) is 25.3 Å². The zero-order chi connectivity index (χ0) is 18.8. The van der Waals surface area contributed by atoms with Crippen molar-refractivity contribution in [2.24, 2.45) is 0 Å². The summed E-state index contributed by atoms with van der Waals surface area (Å²) in [5.74, 6) is 0.751. The normalized spacial score (nSPS) is 26.2. The number of carbonyl (C=O) groups excluding carboxylic acids is 2. The average Bonchev–Trinajstić information content (AvgIpc) is 3.12. The van der Waals surface area contributed by atoms with Gasteiger partial charge in [-0.2, -0.15) is 0 Å². The van der Waals surface area contributed by atoms with Gasteiger partial charge in [0.2, 0.25) is 5.91 Å². The van der Waals surface area contributed by atoms with Crippen molar-refractivity contribution in [3.05, 3.63) is 24.3 Å². The Kier molecular flexibility index (Phi) is 5.31. The standard InChI is InChI=1S/C20H27N3O4/c1-21-9-7-18-17(13-21)23(10-11-26-18)20(25)14-27-16-5-2-4-15(12-16)22-8-3-6-19(22)24/h2,4-5,12,17-18H,3,6-11,13-14H2,1H3. The molecule has 0 aromatic heterocycles. The van der Waals surface area contributed by atoms with Crippen LogP contribution in [0.25, 0.3) is 0 Å². The Hall–Kier alpha value is -2.12. The molecule has 3 fully saturated rings. The molecular formula is C20H27N3O4. The summed E-state index contributed by atoms with van der Waals surface area (Å²) in [7, 11) is 2.08. The zero-order valence-electron chi connectivity index (χ0n) is 15.8. The fourth-order valence-electron chi connectivity index (χ4n) is 4.23. The highest BCUT2D eigenvalue weighted by molar-refractivity contribution is 5.95. The molecule has 3 aliphatic heterocycles. The molecule has 2 unspecified atom stereocenters. The number of anilines is 1. The number of nitrogens with zero attached hydrogens (tertiary/aromatic N) is 3. The average molecular weight is 373 g/mol. The van der Waals surface area contributed by atoms with Crippen molar-refractivity contribution in [2.45, 2.75) is 31.4 Å². The molecule has 2 atom stereocenters. The molecule has 7 nitrogen and oxygen atoms in total. The summed E-state index contributed by atoms with van der Waals surface area (Å²) in [6, 6.07) is 7.53. The van der Waals surface area contributed by atoms with Crippen LogP contribution in [0.15, 0.2) is 24.3 Å². The van der Waals surface area contributed by atoms with Gasteiger partial charge in [0.1, 0.15) is 5.75 Å². The van der Waals surface area contributed by atoms with Gasteiger partial charge in [0.05, 0.1) is 18.8 Å². The molecular weight excluding hydrogens is 346 g/mol. The van der Waals surface area contributed by atoms with E-state index in [-0.39, 0.29) is 30.6 Å². The Morgan fingerprint density at radius 3 is 3.00 bits per heavy atom. The van der Waals surface area contributed by atoms with Crippen molar-refractivity contribution < 1.29 is 19.1 Å². The molecule has 3 heterocycles. The minimum atomic E-state index is -0.00810. The SMILES string of the molecule is CN1CCC2OCCN(C(=O)COc3cccc(N4CCCC4=O)c3)C2C1. The number of piperidine rings is 1. The van der Waals surface area contributed by atoms with Gasteiger partial charge in [-0.05, 0) is 32.0 Å². The maximum absolute atomic E-state index is 12.8. The van der Waals surface area contributed by atoms with Gasteiger partial charge < -0.3 is 24.2 Å². The van der Waals surface area contributed by atoms with Gasteiger partial charge in [0, 0.05) is 44.4 Å². The first kappa shape index (κ1) is 18.3. The first-order valence-electron chi connectivity index (χ1n) is 9.74. The highest BCUT2D eigenvalue weighted by atomic mass is 16.5. The molecule has 0 N–H and O–H groups in total. The summed E-state index contributed by atoms with van der Waals surface area (Å²) in [5, 5.41) is 0. The van der Waals surface area contributed by atoms with Gasteiger partial charge in [0.25, 0.3) is 5.91 Å². The number of benzene rings is 1. The Balaban J connectivity index is 1.38. The van der Waals surface area contributed by atoms with Crippen molar-refractivity contribution in [2.75, 3.05) is 51.3 Å². The Labute approximate surface area is 159 Å². The molecule has 3 saturated heterocycles. The second kappa shape index (κ2) is 7.86. The lowest BCUT2D eigenvalue weighted by atomic mass is 9.99. The molecule has 0 radical (unpaired) electrons. The van der Waals surface area contributed by atoms with E-state index in [1.165, 1.54) is 0 Å². The molecule has 0 spiro atoms. The Morgan fingerprint density at radius 1 is 1.30 bits per heavy atom. The quantitative estimate of drug-likeness (QED) is 0.792. The van der Waals surface area contributed by atoms with Crippen LogP contribution in [0.1, 0.15) is 19.3 Å². The predicted molar refractivity (Wildman–Crippen MR) is 101 cm³/mol. The second-order valence-electron chi connectivity index (χ2n) is 7.55. The van der Waals surface area contributed by atoms with Crippen molar-refractivity contribution in [1.82, 2.24) is 9.80 Å². The summed E-state index contributed by atoms with van der Waals surface area (Å²) >= 11 is 0. The van der Waals surface area contributed by atoms with Crippen LogP contribution in [0.4, 0.5) is 5.69 Å². The van der Waals surface area contributed by atoms with Gasteiger partial charge in [-0.25, -0.2) is 0 Å². The number of hydrogen-bond acceptors (Lipinski definition) is 5. The fraction of sp³-hybridized carbons (Fsp3) is 0.600. The van der Waals surface area contributed by atoms with E-state index in [1.54, 1.807) is 4.90 Å². The van der Waals surface area contributed by atoms with E-state index in [9.17, 15) is 9.59 Å². The van der Waals surface area contributed by atoms with Crippen molar-refractivity contribution in [1.29, 1.82) is 0 Å². The topological polar surface area (TPSA) is 62.3 Å². The van der Waals surface area contributed by atoms with Crippen LogP contribution in [-0.4, -0.2) is 80.2 Å². The molecule has 27 heavy (non-hydrogen) atoms. The first-order valence-corrected chi connectivity index (χ1v) is 9.74. The van der Waals surface area contributed by atoms with E-state index in [0.717, 1.165) is 38.2 Å². The number of morpholine rings is 1. The molecule has 1 aromatic rings. The molecule has 0 aliphatic carbocycles. The van der Waals surface area contributed by atoms with E-state index in [2.05, 4.69) is 11.9 Å². The van der Waals surface area contributed by atoms with E-state index < -0.39 is 0 Å². The molecule has 3 aliphatic rings. The van der Waals surface area contributed by atoms with Gasteiger partial charge in [-0.1, -0.05) is 6.07 Å². The number of rotatable bonds is 4. The summed E-state index contributed by atoms with van der Waals surface area (Å²) < 4.78 is 11.6. The van der Waals surface area contributed by atoms with Crippen molar-refractivity contribution in [3.8, 4) is 5.75 Å². The number of ether oxygens (including phenoxy) is 2. The first-order chi connectivity index (χ1) is 13.1. The summed E-state index contributed by atoms with van der Waals surface area (Å²) in [6.45, 7) is 3.78. The van der Waals surface area contributed by atoms with Gasteiger partial charge in [-0.3, -0.25) is 9.59 Å². The largest absolute Gasteiger partial charge is 0.484 e. The van der Waals surface area contributed by atoms with Crippen LogP contribution in [-0.2, 0) is 14.3 Å². The highest BCUT2D eigenvalue weighted by Gasteiger charge is 2.38. The maximum atomic E-state index is 12.8. The van der Waals surface area contributed by atoms with Crippen molar-refractivity contribution in [3.63, 3.8) is 0 Å². The van der Waals surface area contributed by atoms with E-state index >= 15 is 0 Å². The van der Waals surface area contributed by atoms with Crippen LogP contribution in [0.2, 0.25) is 0 Å². The molecule has 0 saturated carbocycles. The number of likely N-dealkylation sites (N-methyl/N-ethyl adjacent to an activating group) is 1. The van der Waals surface area contributed by atoms with Gasteiger partial charge in [0.15, 0.2) is 6.61 Å². The number of carbonyl (C=O) groups is 2. The molecule has 2 amide bonds. The third kappa shape index (κ3) is 3.94. The van der Waals surface area contributed by atoms with Crippen LogP contribution in [0, 0.1) is 0 Å². The maximum Gasteiger partial charge on any atom is 0.260 e. The monoisotopic (exact) mass is 373 g/mol.